The smallest absolute Gasteiger partial charge is 0.267 e. The number of hydrogen-bond donors (Lipinski definition) is 2. The van der Waals surface area contributed by atoms with E-state index in [2.05, 4.69) is 22.0 Å². The Kier molecular flexibility index (Phi) is 10.3. The lowest BCUT2D eigenvalue weighted by atomic mass is 10.2. The monoisotopic (exact) mass is 520 g/mol. The molecule has 1 aliphatic heterocycles. The Labute approximate surface area is 222 Å². The molecule has 37 heavy (non-hydrogen) atoms. The number of carbonyl (C=O) groups is 2. The fraction of sp³-hybridized carbons (Fsp3) is 0.179. The lowest BCUT2D eigenvalue weighted by molar-refractivity contribution is -0.126. The predicted octanol–water partition coefficient (Wildman–Crippen LogP) is 3.96. The third-order valence-electron chi connectivity index (χ3n) is 5.75. The van der Waals surface area contributed by atoms with Crippen LogP contribution in [-0.2, 0) is 16.2 Å². The van der Waals surface area contributed by atoms with Crippen molar-refractivity contribution in [2.24, 2.45) is 0 Å². The summed E-state index contributed by atoms with van der Waals surface area (Å²) in [5.74, 6) is 0.118. The summed E-state index contributed by atoms with van der Waals surface area (Å²) in [5.41, 5.74) is 4.90. The molecular weight excluding hydrogens is 492 g/mol. The molecule has 0 bridgehead atoms. The summed E-state index contributed by atoms with van der Waals surface area (Å²) in [4.78, 5) is 32.2. The van der Waals surface area contributed by atoms with Crippen LogP contribution in [0.25, 0.3) is 12.2 Å². The Bertz CT molecular complexity index is 1220. The summed E-state index contributed by atoms with van der Waals surface area (Å²) in [6.45, 7) is 3.28. The number of ether oxygens (including phenoxy) is 1. The third-order valence-corrected chi connectivity index (χ3v) is 5.75. The highest BCUT2D eigenvalue weighted by molar-refractivity contribution is 5.92. The molecular formula is C28H29ClN4O4. The fourth-order valence-electron chi connectivity index (χ4n) is 3.79. The van der Waals surface area contributed by atoms with Crippen molar-refractivity contribution in [3.05, 3.63) is 102 Å². The van der Waals surface area contributed by atoms with Crippen molar-refractivity contribution in [1.82, 2.24) is 15.4 Å². The van der Waals surface area contributed by atoms with Crippen LogP contribution in [0.3, 0.4) is 0 Å². The molecule has 2 aromatic carbocycles. The summed E-state index contributed by atoms with van der Waals surface area (Å²) in [5, 5.41) is 8.55. The summed E-state index contributed by atoms with van der Waals surface area (Å²) < 4.78 is 5.87. The Morgan fingerprint density at radius 1 is 0.865 bits per heavy atom. The predicted molar refractivity (Wildman–Crippen MR) is 145 cm³/mol. The van der Waals surface area contributed by atoms with Gasteiger partial charge in [0.2, 0.25) is 5.91 Å². The van der Waals surface area contributed by atoms with Crippen molar-refractivity contribution < 1.29 is 19.5 Å². The largest absolute Gasteiger partial charge is 0.489 e. The number of piperazine rings is 1. The van der Waals surface area contributed by atoms with E-state index in [4.69, 9.17) is 9.94 Å². The fourth-order valence-corrected chi connectivity index (χ4v) is 3.79. The number of hydroxylamine groups is 1. The van der Waals surface area contributed by atoms with Gasteiger partial charge in [-0.2, -0.15) is 0 Å². The molecule has 3 aromatic rings. The molecule has 0 unspecified atom stereocenters. The maximum Gasteiger partial charge on any atom is 0.267 e. The van der Waals surface area contributed by atoms with Crippen LogP contribution < -0.4 is 15.1 Å². The maximum atomic E-state index is 12.7. The molecule has 0 saturated carbocycles. The first-order valence-electron chi connectivity index (χ1n) is 11.7. The Balaban J connectivity index is 0.00000380. The molecule has 1 saturated heterocycles. The molecule has 0 spiro atoms. The van der Waals surface area contributed by atoms with Gasteiger partial charge in [0.1, 0.15) is 12.4 Å². The number of rotatable bonds is 8. The minimum atomic E-state index is -0.639. The Hall–Kier alpha value is -4.14. The highest BCUT2D eigenvalue weighted by atomic mass is 35.5. The summed E-state index contributed by atoms with van der Waals surface area (Å²) in [7, 11) is 0. The average molecular weight is 521 g/mol. The second-order valence-electron chi connectivity index (χ2n) is 8.21. The van der Waals surface area contributed by atoms with Gasteiger partial charge in [0.15, 0.2) is 0 Å². The number of pyridine rings is 1. The van der Waals surface area contributed by atoms with Crippen LogP contribution in [0.15, 0.2) is 84.9 Å². The van der Waals surface area contributed by atoms with E-state index in [1.807, 2.05) is 47.4 Å². The van der Waals surface area contributed by atoms with E-state index in [-0.39, 0.29) is 18.3 Å². The molecule has 2 heterocycles. The van der Waals surface area contributed by atoms with Gasteiger partial charge in [0.05, 0.1) is 11.4 Å². The quantitative estimate of drug-likeness (QED) is 0.265. The van der Waals surface area contributed by atoms with E-state index in [0.717, 1.165) is 30.1 Å². The number of hydrogen-bond acceptors (Lipinski definition) is 6. The van der Waals surface area contributed by atoms with Gasteiger partial charge in [0, 0.05) is 44.0 Å². The molecule has 9 heteroatoms. The summed E-state index contributed by atoms with van der Waals surface area (Å²) in [6.07, 6.45) is 5.83. The normalized spacial score (nSPS) is 13.4. The topological polar surface area (TPSA) is 95.0 Å². The maximum absolute atomic E-state index is 12.7. The van der Waals surface area contributed by atoms with Crippen LogP contribution >= 0.6 is 12.4 Å². The van der Waals surface area contributed by atoms with E-state index in [1.165, 1.54) is 23.7 Å². The van der Waals surface area contributed by atoms with Gasteiger partial charge in [0.25, 0.3) is 5.91 Å². The highest BCUT2D eigenvalue weighted by Crippen LogP contribution is 2.21. The Morgan fingerprint density at radius 2 is 1.51 bits per heavy atom. The van der Waals surface area contributed by atoms with Crippen LogP contribution in [0.2, 0.25) is 0 Å². The zero-order valence-electron chi connectivity index (χ0n) is 20.2. The number of benzene rings is 2. The minimum Gasteiger partial charge on any atom is -0.489 e. The third kappa shape index (κ3) is 8.20. The second-order valence-corrected chi connectivity index (χ2v) is 8.21. The summed E-state index contributed by atoms with van der Waals surface area (Å²) >= 11 is 0. The average Bonchev–Trinajstić information content (AvgIpc) is 2.94. The van der Waals surface area contributed by atoms with Crippen molar-refractivity contribution in [3.63, 3.8) is 0 Å². The zero-order valence-corrected chi connectivity index (χ0v) is 21.0. The van der Waals surface area contributed by atoms with Crippen molar-refractivity contribution in [3.8, 4) is 5.75 Å². The number of anilines is 1. The van der Waals surface area contributed by atoms with Crippen LogP contribution in [0.1, 0.15) is 17.0 Å². The van der Waals surface area contributed by atoms with Crippen LogP contribution in [0.5, 0.6) is 5.75 Å². The number of aromatic nitrogens is 1. The van der Waals surface area contributed by atoms with E-state index < -0.39 is 5.91 Å². The molecule has 0 radical (unpaired) electrons. The lowest BCUT2D eigenvalue weighted by Gasteiger charge is -2.35. The number of carbonyl (C=O) groups excluding carboxylic acids is 2. The molecule has 1 aromatic heterocycles. The molecule has 192 valence electrons. The number of nitrogens with one attached hydrogen (secondary N) is 1. The van der Waals surface area contributed by atoms with Crippen molar-refractivity contribution in [1.29, 1.82) is 0 Å². The van der Waals surface area contributed by atoms with Gasteiger partial charge in [-0.3, -0.25) is 14.8 Å². The summed E-state index contributed by atoms with van der Waals surface area (Å²) in [6, 6.07) is 23.4. The van der Waals surface area contributed by atoms with E-state index >= 15 is 0 Å². The number of nitrogens with zero attached hydrogens (tertiary/aromatic N) is 3. The lowest BCUT2D eigenvalue weighted by Crippen LogP contribution is -2.48. The molecule has 8 nitrogen and oxygen atoms in total. The van der Waals surface area contributed by atoms with Gasteiger partial charge in [-0.25, -0.2) is 10.5 Å². The standard InChI is InChI=1S/C28H28N4O4.ClH/c33-27(30-35)15-9-23-7-4-8-24(29-23)10-16-28(34)32-19-17-31(18-20-32)25-11-13-26(14-12-25)36-21-22-5-2-1-3-6-22;/h1-16,35H,17-21H2,(H,30,33);1H. The van der Waals surface area contributed by atoms with Gasteiger partial charge < -0.3 is 14.5 Å². The van der Waals surface area contributed by atoms with E-state index in [0.29, 0.717) is 31.1 Å². The van der Waals surface area contributed by atoms with Gasteiger partial charge in [-0.05, 0) is 54.1 Å². The zero-order chi connectivity index (χ0) is 25.2. The molecule has 2 N–H and O–H groups in total. The van der Waals surface area contributed by atoms with Gasteiger partial charge in [-0.15, -0.1) is 12.4 Å². The first-order valence-corrected chi connectivity index (χ1v) is 11.7. The van der Waals surface area contributed by atoms with Crippen LogP contribution in [0, 0.1) is 0 Å². The molecule has 0 atom stereocenters. The minimum absolute atomic E-state index is 0. The number of amides is 2. The number of halogens is 1. The Morgan fingerprint density at radius 3 is 2.16 bits per heavy atom. The molecule has 4 rings (SSSR count). The van der Waals surface area contributed by atoms with Gasteiger partial charge in [-0.1, -0.05) is 36.4 Å². The van der Waals surface area contributed by atoms with Crippen LogP contribution in [-0.4, -0.2) is 53.1 Å². The molecule has 0 aliphatic carbocycles. The highest BCUT2D eigenvalue weighted by Gasteiger charge is 2.20. The SMILES string of the molecule is Cl.O=C(C=Cc1cccc(C=CC(=O)N2CCN(c3ccc(OCc4ccccc4)cc3)CC2)n1)NO. The second kappa shape index (κ2) is 13.8. The van der Waals surface area contributed by atoms with Crippen molar-refractivity contribution in [2.75, 3.05) is 31.1 Å². The van der Waals surface area contributed by atoms with Crippen LogP contribution in [0.4, 0.5) is 5.69 Å². The molecule has 1 aliphatic rings. The van der Waals surface area contributed by atoms with Crippen molar-refractivity contribution >= 4 is 42.1 Å². The van der Waals surface area contributed by atoms with E-state index in [9.17, 15) is 9.59 Å². The molecule has 1 fully saturated rings. The van der Waals surface area contributed by atoms with E-state index in [1.54, 1.807) is 24.3 Å². The first-order chi connectivity index (χ1) is 17.6. The first kappa shape index (κ1) is 27.4. The van der Waals surface area contributed by atoms with Crippen molar-refractivity contribution in [2.45, 2.75) is 6.61 Å². The molecule has 2 amide bonds. The van der Waals surface area contributed by atoms with Gasteiger partial charge >= 0.3 is 0 Å².